The summed E-state index contributed by atoms with van der Waals surface area (Å²) in [6.45, 7) is 0.0643. The molecule has 3 heteroatoms. The van der Waals surface area contributed by atoms with Crippen LogP contribution in [0.3, 0.4) is 0 Å². The topological polar surface area (TPSA) is 33.4 Å². The molecular weight excluding hydrogens is 219 g/mol. The van der Waals surface area contributed by atoms with E-state index in [0.717, 1.165) is 9.13 Å². The minimum absolute atomic E-state index is 0.0643. The Morgan fingerprint density at radius 2 is 2.38 bits per heavy atom. The van der Waals surface area contributed by atoms with E-state index >= 15 is 0 Å². The van der Waals surface area contributed by atoms with Crippen molar-refractivity contribution in [2.24, 2.45) is 0 Å². The Bertz CT molecular complexity index is 171. The first-order valence-electron chi connectivity index (χ1n) is 2.16. The summed E-state index contributed by atoms with van der Waals surface area (Å²) in [5.74, 6) is 0. The van der Waals surface area contributed by atoms with Gasteiger partial charge in [-0.25, -0.2) is 0 Å². The van der Waals surface area contributed by atoms with Gasteiger partial charge in [-0.3, -0.25) is 0 Å². The van der Waals surface area contributed by atoms with Crippen molar-refractivity contribution < 1.29 is 9.52 Å². The lowest BCUT2D eigenvalue weighted by Crippen LogP contribution is -1.78. The molecule has 1 aromatic rings. The molecule has 44 valence electrons. The predicted molar refractivity (Wildman–Crippen MR) is 37.3 cm³/mol. The molecule has 0 saturated heterocycles. The summed E-state index contributed by atoms with van der Waals surface area (Å²) >= 11 is 2.10. The smallest absolute Gasteiger partial charge is 0.104 e. The number of halogens is 1. The van der Waals surface area contributed by atoms with E-state index < -0.39 is 0 Å². The molecule has 0 aliphatic rings. The highest BCUT2D eigenvalue weighted by atomic mass is 127. The molecule has 0 aliphatic heterocycles. The summed E-state index contributed by atoms with van der Waals surface area (Å²) in [5.41, 5.74) is 0.852. The highest BCUT2D eigenvalue weighted by molar-refractivity contribution is 14.1. The van der Waals surface area contributed by atoms with Crippen molar-refractivity contribution in [3.05, 3.63) is 21.7 Å². The van der Waals surface area contributed by atoms with Gasteiger partial charge in [-0.2, -0.15) is 0 Å². The fraction of sp³-hybridized carbons (Fsp3) is 0.200. The van der Waals surface area contributed by atoms with Crippen LogP contribution < -0.4 is 0 Å². The normalized spacial score (nSPS) is 9.75. The van der Waals surface area contributed by atoms with Crippen molar-refractivity contribution in [1.29, 1.82) is 0 Å². The summed E-state index contributed by atoms with van der Waals surface area (Å²) in [6.07, 6.45) is 3.15. The Balaban J connectivity index is 2.92. The molecule has 2 nitrogen and oxygen atoms in total. The van der Waals surface area contributed by atoms with Crippen molar-refractivity contribution in [3.63, 3.8) is 0 Å². The van der Waals surface area contributed by atoms with Gasteiger partial charge in [-0.1, -0.05) is 0 Å². The fourth-order valence-corrected chi connectivity index (χ4v) is 0.865. The molecule has 0 saturated carbocycles. The fourth-order valence-electron chi connectivity index (χ4n) is 0.421. The zero-order chi connectivity index (χ0) is 5.98. The summed E-state index contributed by atoms with van der Waals surface area (Å²) in [5, 5.41) is 8.54. The van der Waals surface area contributed by atoms with E-state index in [0.29, 0.717) is 0 Å². The zero-order valence-electron chi connectivity index (χ0n) is 4.10. The quantitative estimate of drug-likeness (QED) is 0.731. The molecule has 0 spiro atoms. The van der Waals surface area contributed by atoms with Crippen LogP contribution in [0, 0.1) is 3.57 Å². The van der Waals surface area contributed by atoms with Gasteiger partial charge < -0.3 is 9.52 Å². The Kier molecular flexibility index (Phi) is 1.90. The van der Waals surface area contributed by atoms with Crippen LogP contribution in [0.1, 0.15) is 5.56 Å². The van der Waals surface area contributed by atoms with Crippen LogP contribution in [0.25, 0.3) is 0 Å². The number of rotatable bonds is 1. The van der Waals surface area contributed by atoms with E-state index in [1.807, 2.05) is 0 Å². The maximum Gasteiger partial charge on any atom is 0.104 e. The Morgan fingerprint density at radius 1 is 1.62 bits per heavy atom. The van der Waals surface area contributed by atoms with Crippen molar-refractivity contribution in [3.8, 4) is 0 Å². The molecular formula is C5H5IO2. The summed E-state index contributed by atoms with van der Waals surface area (Å²) in [4.78, 5) is 0. The molecule has 0 radical (unpaired) electrons. The number of aliphatic hydroxyl groups excluding tert-OH is 1. The third kappa shape index (κ3) is 1.03. The third-order valence-electron chi connectivity index (χ3n) is 0.859. The van der Waals surface area contributed by atoms with Crippen LogP contribution in [0.2, 0.25) is 0 Å². The van der Waals surface area contributed by atoms with Gasteiger partial charge in [-0.05, 0) is 22.6 Å². The second-order valence-electron chi connectivity index (χ2n) is 1.40. The van der Waals surface area contributed by atoms with Crippen LogP contribution in [0.4, 0.5) is 0 Å². The van der Waals surface area contributed by atoms with Crippen molar-refractivity contribution in [2.75, 3.05) is 0 Å². The lowest BCUT2D eigenvalue weighted by Gasteiger charge is -1.83. The Labute approximate surface area is 60.6 Å². The predicted octanol–water partition coefficient (Wildman–Crippen LogP) is 1.38. The van der Waals surface area contributed by atoms with Crippen molar-refractivity contribution in [2.45, 2.75) is 6.61 Å². The first-order valence-corrected chi connectivity index (χ1v) is 3.24. The van der Waals surface area contributed by atoms with Crippen LogP contribution in [0.5, 0.6) is 0 Å². The van der Waals surface area contributed by atoms with E-state index in [1.54, 1.807) is 12.5 Å². The number of hydrogen-bond acceptors (Lipinski definition) is 2. The SMILES string of the molecule is OCc1cocc1I. The van der Waals surface area contributed by atoms with Crippen LogP contribution in [0.15, 0.2) is 16.9 Å². The van der Waals surface area contributed by atoms with Gasteiger partial charge in [0, 0.05) is 5.56 Å². The standard InChI is InChI=1S/C5H5IO2/c6-5-3-8-2-4(5)1-7/h2-3,7H,1H2. The monoisotopic (exact) mass is 224 g/mol. The molecule has 0 aliphatic carbocycles. The minimum atomic E-state index is 0.0643. The zero-order valence-corrected chi connectivity index (χ0v) is 6.25. The van der Waals surface area contributed by atoms with E-state index in [2.05, 4.69) is 22.6 Å². The molecule has 1 N–H and O–H groups in total. The number of hydrogen-bond donors (Lipinski definition) is 1. The van der Waals surface area contributed by atoms with Crippen LogP contribution >= 0.6 is 22.6 Å². The number of aliphatic hydroxyl groups is 1. The Hall–Kier alpha value is -0.0300. The second kappa shape index (κ2) is 2.50. The molecule has 0 unspecified atom stereocenters. The van der Waals surface area contributed by atoms with E-state index in [9.17, 15) is 0 Å². The highest BCUT2D eigenvalue weighted by Crippen LogP contribution is 2.11. The van der Waals surface area contributed by atoms with E-state index in [-0.39, 0.29) is 6.61 Å². The Morgan fingerprint density at radius 3 is 2.62 bits per heavy atom. The van der Waals surface area contributed by atoms with E-state index in [1.165, 1.54) is 0 Å². The summed E-state index contributed by atoms with van der Waals surface area (Å²) in [6, 6.07) is 0. The summed E-state index contributed by atoms with van der Waals surface area (Å²) in [7, 11) is 0. The first-order chi connectivity index (χ1) is 3.84. The molecule has 0 atom stereocenters. The molecule has 0 bridgehead atoms. The second-order valence-corrected chi connectivity index (χ2v) is 2.57. The van der Waals surface area contributed by atoms with Gasteiger partial charge in [0.25, 0.3) is 0 Å². The first kappa shape index (κ1) is 6.10. The minimum Gasteiger partial charge on any atom is -0.471 e. The van der Waals surface area contributed by atoms with Gasteiger partial charge in [0.05, 0.1) is 16.4 Å². The molecule has 8 heavy (non-hydrogen) atoms. The third-order valence-corrected chi connectivity index (χ3v) is 1.81. The van der Waals surface area contributed by atoms with E-state index in [4.69, 9.17) is 9.52 Å². The molecule has 0 amide bonds. The highest BCUT2D eigenvalue weighted by Gasteiger charge is 1.97. The molecule has 0 fully saturated rings. The number of furan rings is 1. The van der Waals surface area contributed by atoms with Gasteiger partial charge in [0.1, 0.15) is 6.26 Å². The van der Waals surface area contributed by atoms with Gasteiger partial charge >= 0.3 is 0 Å². The maximum atomic E-state index is 8.54. The molecule has 0 aromatic carbocycles. The maximum absolute atomic E-state index is 8.54. The lowest BCUT2D eigenvalue weighted by molar-refractivity contribution is 0.280. The van der Waals surface area contributed by atoms with Crippen LogP contribution in [-0.4, -0.2) is 5.11 Å². The van der Waals surface area contributed by atoms with Gasteiger partial charge in [0.15, 0.2) is 0 Å². The average molecular weight is 224 g/mol. The van der Waals surface area contributed by atoms with Crippen molar-refractivity contribution >= 4 is 22.6 Å². The van der Waals surface area contributed by atoms with Gasteiger partial charge in [-0.15, -0.1) is 0 Å². The molecule has 1 aromatic heterocycles. The van der Waals surface area contributed by atoms with Crippen LogP contribution in [-0.2, 0) is 6.61 Å². The molecule has 1 heterocycles. The largest absolute Gasteiger partial charge is 0.471 e. The lowest BCUT2D eigenvalue weighted by atomic mass is 10.4. The summed E-state index contributed by atoms with van der Waals surface area (Å²) < 4.78 is 5.75. The van der Waals surface area contributed by atoms with Gasteiger partial charge in [0.2, 0.25) is 0 Å². The van der Waals surface area contributed by atoms with Crippen molar-refractivity contribution in [1.82, 2.24) is 0 Å². The molecule has 1 rings (SSSR count). The average Bonchev–Trinajstić information content (AvgIpc) is 2.14.